The Hall–Kier alpha value is -1.42. The van der Waals surface area contributed by atoms with E-state index in [9.17, 15) is 4.79 Å². The highest BCUT2D eigenvalue weighted by Gasteiger charge is 2.41. The number of aliphatic hydroxyl groups excluding tert-OH is 1. The van der Waals surface area contributed by atoms with Crippen LogP contribution in [-0.4, -0.2) is 29.1 Å². The van der Waals surface area contributed by atoms with Gasteiger partial charge in [0.2, 0.25) is 5.91 Å². The van der Waals surface area contributed by atoms with Crippen molar-refractivity contribution in [3.63, 3.8) is 0 Å². The van der Waals surface area contributed by atoms with Crippen molar-refractivity contribution in [2.75, 3.05) is 13.2 Å². The van der Waals surface area contributed by atoms with E-state index in [1.54, 1.807) is 12.4 Å². The third-order valence-corrected chi connectivity index (χ3v) is 3.37. The minimum atomic E-state index is 0.0421. The Morgan fingerprint density at radius 2 is 2.12 bits per heavy atom. The molecule has 1 aromatic rings. The third kappa shape index (κ3) is 3.53. The second-order valence-corrected chi connectivity index (χ2v) is 4.78. The number of hydrogen-bond acceptors (Lipinski definition) is 3. The second-order valence-electron chi connectivity index (χ2n) is 4.78. The zero-order valence-electron chi connectivity index (χ0n) is 9.85. The summed E-state index contributed by atoms with van der Waals surface area (Å²) < 4.78 is 0. The molecular formula is C13H18N2O2. The average molecular weight is 234 g/mol. The molecule has 1 aromatic heterocycles. The molecule has 0 bridgehead atoms. The molecule has 0 unspecified atom stereocenters. The van der Waals surface area contributed by atoms with Crippen LogP contribution >= 0.6 is 0 Å². The van der Waals surface area contributed by atoms with Gasteiger partial charge in [0, 0.05) is 25.5 Å². The van der Waals surface area contributed by atoms with Crippen LogP contribution < -0.4 is 5.32 Å². The number of nitrogens with one attached hydrogen (secondary N) is 1. The Bertz CT molecular complexity index is 374. The van der Waals surface area contributed by atoms with Crippen molar-refractivity contribution in [2.45, 2.75) is 25.7 Å². The molecule has 1 aliphatic rings. The van der Waals surface area contributed by atoms with Crippen molar-refractivity contribution < 1.29 is 9.90 Å². The van der Waals surface area contributed by atoms with E-state index in [4.69, 9.17) is 5.11 Å². The Morgan fingerprint density at radius 1 is 1.41 bits per heavy atom. The number of aromatic nitrogens is 1. The molecule has 1 saturated carbocycles. The summed E-state index contributed by atoms with van der Waals surface area (Å²) in [6.45, 7) is 0.900. The summed E-state index contributed by atoms with van der Waals surface area (Å²) in [6.07, 6.45) is 6.81. The highest BCUT2D eigenvalue weighted by Crippen LogP contribution is 2.47. The first-order chi connectivity index (χ1) is 8.24. The van der Waals surface area contributed by atoms with Gasteiger partial charge in [0.25, 0.3) is 0 Å². The van der Waals surface area contributed by atoms with Gasteiger partial charge in [0.05, 0.1) is 6.42 Å². The summed E-state index contributed by atoms with van der Waals surface area (Å²) in [5, 5.41) is 11.9. The van der Waals surface area contributed by atoms with Gasteiger partial charge in [-0.25, -0.2) is 0 Å². The van der Waals surface area contributed by atoms with Gasteiger partial charge in [-0.1, -0.05) is 0 Å². The molecule has 4 heteroatoms. The number of carbonyl (C=O) groups excluding carboxylic acids is 1. The van der Waals surface area contributed by atoms with Crippen molar-refractivity contribution >= 4 is 5.91 Å². The minimum Gasteiger partial charge on any atom is -0.396 e. The lowest BCUT2D eigenvalue weighted by Gasteiger charge is -2.14. The first kappa shape index (κ1) is 12.0. The summed E-state index contributed by atoms with van der Waals surface area (Å²) in [4.78, 5) is 15.6. The number of hydrogen-bond donors (Lipinski definition) is 2. The maximum absolute atomic E-state index is 11.7. The van der Waals surface area contributed by atoms with Gasteiger partial charge in [-0.2, -0.15) is 0 Å². The molecule has 0 saturated heterocycles. The number of carbonyl (C=O) groups is 1. The molecule has 4 nitrogen and oxygen atoms in total. The monoisotopic (exact) mass is 234 g/mol. The summed E-state index contributed by atoms with van der Waals surface area (Å²) in [5.41, 5.74) is 1.16. The fourth-order valence-electron chi connectivity index (χ4n) is 1.96. The molecule has 2 N–H and O–H groups in total. The van der Waals surface area contributed by atoms with E-state index in [1.165, 1.54) is 0 Å². The maximum atomic E-state index is 11.7. The summed E-state index contributed by atoms with van der Waals surface area (Å²) in [5.74, 6) is 0.0421. The molecule has 0 radical (unpaired) electrons. The van der Waals surface area contributed by atoms with Gasteiger partial charge in [-0.05, 0) is 42.4 Å². The van der Waals surface area contributed by atoms with Gasteiger partial charge >= 0.3 is 0 Å². The Kier molecular flexibility index (Phi) is 3.74. The Labute approximate surface area is 101 Å². The van der Waals surface area contributed by atoms with Gasteiger partial charge in [0.15, 0.2) is 0 Å². The van der Waals surface area contributed by atoms with Gasteiger partial charge in [-0.15, -0.1) is 0 Å². The molecule has 2 rings (SSSR count). The smallest absolute Gasteiger partial charge is 0.224 e. The lowest BCUT2D eigenvalue weighted by molar-refractivity contribution is -0.120. The van der Waals surface area contributed by atoms with Crippen molar-refractivity contribution in [3.8, 4) is 0 Å². The molecule has 0 atom stereocenters. The summed E-state index contributed by atoms with van der Waals surface area (Å²) in [6, 6.07) is 3.69. The lowest BCUT2D eigenvalue weighted by Crippen LogP contribution is -2.31. The zero-order valence-corrected chi connectivity index (χ0v) is 9.85. The predicted octanol–water partition coefficient (Wildman–Crippen LogP) is 0.903. The third-order valence-electron chi connectivity index (χ3n) is 3.37. The zero-order chi connectivity index (χ0) is 12.1. The van der Waals surface area contributed by atoms with E-state index in [0.29, 0.717) is 13.0 Å². The van der Waals surface area contributed by atoms with Crippen molar-refractivity contribution in [2.24, 2.45) is 5.41 Å². The molecule has 0 aromatic carbocycles. The lowest BCUT2D eigenvalue weighted by atomic mass is 10.0. The van der Waals surface area contributed by atoms with Crippen molar-refractivity contribution in [1.29, 1.82) is 0 Å². The van der Waals surface area contributed by atoms with Crippen LogP contribution in [0.4, 0.5) is 0 Å². The van der Waals surface area contributed by atoms with E-state index in [-0.39, 0.29) is 17.9 Å². The summed E-state index contributed by atoms with van der Waals surface area (Å²) in [7, 11) is 0. The molecule has 92 valence electrons. The molecule has 1 heterocycles. The van der Waals surface area contributed by atoms with E-state index >= 15 is 0 Å². The highest BCUT2D eigenvalue weighted by molar-refractivity contribution is 5.78. The number of pyridine rings is 1. The standard InChI is InChI=1S/C13H18N2O2/c16-8-5-13(3-4-13)10-15-12(17)9-11-1-6-14-7-2-11/h1-2,6-7,16H,3-5,8-10H2,(H,15,17). The average Bonchev–Trinajstić information content (AvgIpc) is 3.09. The van der Waals surface area contributed by atoms with Crippen LogP contribution in [0, 0.1) is 5.41 Å². The van der Waals surface area contributed by atoms with Crippen LogP contribution in [0.1, 0.15) is 24.8 Å². The van der Waals surface area contributed by atoms with Crippen LogP contribution in [0.15, 0.2) is 24.5 Å². The van der Waals surface area contributed by atoms with E-state index in [2.05, 4.69) is 10.3 Å². The molecule has 0 spiro atoms. The van der Waals surface area contributed by atoms with Crippen LogP contribution in [-0.2, 0) is 11.2 Å². The normalized spacial score (nSPS) is 16.5. The maximum Gasteiger partial charge on any atom is 0.224 e. The second kappa shape index (κ2) is 5.27. The Morgan fingerprint density at radius 3 is 2.71 bits per heavy atom. The molecule has 1 amide bonds. The van der Waals surface area contributed by atoms with Crippen LogP contribution in [0.25, 0.3) is 0 Å². The van der Waals surface area contributed by atoms with E-state index in [1.807, 2.05) is 12.1 Å². The SMILES string of the molecule is O=C(Cc1ccncc1)NCC1(CCO)CC1. The van der Waals surface area contributed by atoms with Crippen LogP contribution in [0.3, 0.4) is 0 Å². The fraction of sp³-hybridized carbons (Fsp3) is 0.538. The Balaban J connectivity index is 1.75. The molecule has 17 heavy (non-hydrogen) atoms. The van der Waals surface area contributed by atoms with E-state index < -0.39 is 0 Å². The minimum absolute atomic E-state index is 0.0421. The number of amides is 1. The molecule has 0 aliphatic heterocycles. The van der Waals surface area contributed by atoms with Gasteiger partial charge in [0.1, 0.15) is 0 Å². The van der Waals surface area contributed by atoms with E-state index in [0.717, 1.165) is 24.8 Å². The molecular weight excluding hydrogens is 216 g/mol. The van der Waals surface area contributed by atoms with Gasteiger partial charge < -0.3 is 10.4 Å². The number of nitrogens with zero attached hydrogens (tertiary/aromatic N) is 1. The predicted molar refractivity (Wildman–Crippen MR) is 64.3 cm³/mol. The number of aliphatic hydroxyl groups is 1. The van der Waals surface area contributed by atoms with Crippen LogP contribution in [0.2, 0.25) is 0 Å². The highest BCUT2D eigenvalue weighted by atomic mass is 16.3. The van der Waals surface area contributed by atoms with Crippen LogP contribution in [0.5, 0.6) is 0 Å². The first-order valence-corrected chi connectivity index (χ1v) is 6.01. The quantitative estimate of drug-likeness (QED) is 0.769. The first-order valence-electron chi connectivity index (χ1n) is 6.01. The van der Waals surface area contributed by atoms with Gasteiger partial charge in [-0.3, -0.25) is 9.78 Å². The van der Waals surface area contributed by atoms with Crippen molar-refractivity contribution in [3.05, 3.63) is 30.1 Å². The topological polar surface area (TPSA) is 62.2 Å². The molecule has 1 fully saturated rings. The summed E-state index contributed by atoms with van der Waals surface area (Å²) >= 11 is 0. The largest absolute Gasteiger partial charge is 0.396 e. The molecule has 1 aliphatic carbocycles. The number of rotatable bonds is 6. The van der Waals surface area contributed by atoms with Crippen molar-refractivity contribution in [1.82, 2.24) is 10.3 Å². The fourth-order valence-corrected chi connectivity index (χ4v) is 1.96.